The number of unbranched alkanes of at least 4 members (excludes halogenated alkanes) is 1. The maximum absolute atomic E-state index is 9.11. The van der Waals surface area contributed by atoms with E-state index in [1.54, 1.807) is 0 Å². The van der Waals surface area contributed by atoms with Crippen LogP contribution in [0.3, 0.4) is 0 Å². The largest absolute Gasteiger partial charge is 0.392 e. The molecule has 0 aliphatic carbocycles. The molecule has 1 aromatic rings. The van der Waals surface area contributed by atoms with E-state index in [-0.39, 0.29) is 6.61 Å². The molecule has 0 radical (unpaired) electrons. The number of nitrogens with zero attached hydrogens (tertiary/aromatic N) is 1. The van der Waals surface area contributed by atoms with Gasteiger partial charge in [0.1, 0.15) is 0 Å². The van der Waals surface area contributed by atoms with E-state index >= 15 is 0 Å². The Labute approximate surface area is 124 Å². The van der Waals surface area contributed by atoms with Gasteiger partial charge in [-0.2, -0.15) is 0 Å². The Hall–Kier alpha value is -0.390. The topological polar surface area (TPSA) is 23.5 Å². The standard InChI is InChI=1S/C15H22INO/c1-3-5-9-17(8-4-2)11-14-7-6-13(12-18)10-15(14)16/h4,6-7,10,18H,2-3,5,8-9,11-12H2,1H3. The van der Waals surface area contributed by atoms with E-state index in [4.69, 9.17) is 5.11 Å². The summed E-state index contributed by atoms with van der Waals surface area (Å²) in [5.74, 6) is 0. The summed E-state index contributed by atoms with van der Waals surface area (Å²) in [6.45, 7) is 9.15. The summed E-state index contributed by atoms with van der Waals surface area (Å²) in [7, 11) is 0. The number of hydrogen-bond donors (Lipinski definition) is 1. The van der Waals surface area contributed by atoms with Gasteiger partial charge < -0.3 is 5.11 Å². The predicted molar refractivity (Wildman–Crippen MR) is 85.5 cm³/mol. The van der Waals surface area contributed by atoms with E-state index in [1.807, 2.05) is 12.1 Å². The summed E-state index contributed by atoms with van der Waals surface area (Å²) in [5.41, 5.74) is 2.30. The fourth-order valence-electron chi connectivity index (χ4n) is 1.86. The summed E-state index contributed by atoms with van der Waals surface area (Å²) in [4.78, 5) is 2.41. The van der Waals surface area contributed by atoms with Crippen molar-refractivity contribution >= 4 is 22.6 Å². The van der Waals surface area contributed by atoms with Gasteiger partial charge in [0.2, 0.25) is 0 Å². The van der Waals surface area contributed by atoms with Crippen molar-refractivity contribution in [3.8, 4) is 0 Å². The number of halogens is 1. The highest BCUT2D eigenvalue weighted by atomic mass is 127. The number of rotatable bonds is 8. The smallest absolute Gasteiger partial charge is 0.0682 e. The first-order chi connectivity index (χ1) is 8.71. The monoisotopic (exact) mass is 359 g/mol. The summed E-state index contributed by atoms with van der Waals surface area (Å²) >= 11 is 2.35. The van der Waals surface area contributed by atoms with Crippen LogP contribution in [0.2, 0.25) is 0 Å². The van der Waals surface area contributed by atoms with Crippen molar-refractivity contribution in [2.75, 3.05) is 13.1 Å². The van der Waals surface area contributed by atoms with E-state index in [1.165, 1.54) is 22.0 Å². The van der Waals surface area contributed by atoms with Gasteiger partial charge >= 0.3 is 0 Å². The molecular weight excluding hydrogens is 337 g/mol. The minimum atomic E-state index is 0.114. The van der Waals surface area contributed by atoms with E-state index in [0.717, 1.165) is 25.2 Å². The Balaban J connectivity index is 2.70. The minimum absolute atomic E-state index is 0.114. The summed E-state index contributed by atoms with van der Waals surface area (Å²) in [6, 6.07) is 6.18. The molecule has 0 aliphatic rings. The zero-order valence-corrected chi connectivity index (χ0v) is 13.2. The van der Waals surface area contributed by atoms with Crippen molar-refractivity contribution in [3.05, 3.63) is 45.6 Å². The Morgan fingerprint density at radius 3 is 2.78 bits per heavy atom. The fraction of sp³-hybridized carbons (Fsp3) is 0.467. The Bertz CT molecular complexity index is 379. The van der Waals surface area contributed by atoms with E-state index in [9.17, 15) is 0 Å². The summed E-state index contributed by atoms with van der Waals surface area (Å²) in [5, 5.41) is 9.11. The molecule has 2 nitrogen and oxygen atoms in total. The van der Waals surface area contributed by atoms with Gasteiger partial charge in [-0.15, -0.1) is 6.58 Å². The first kappa shape index (κ1) is 15.7. The molecule has 0 fully saturated rings. The van der Waals surface area contributed by atoms with Gasteiger partial charge in [0.25, 0.3) is 0 Å². The molecule has 0 amide bonds. The Kier molecular flexibility index (Phi) is 7.54. The second kappa shape index (κ2) is 8.67. The van der Waals surface area contributed by atoms with E-state index in [2.05, 4.69) is 53.1 Å². The van der Waals surface area contributed by atoms with Crippen molar-refractivity contribution < 1.29 is 5.11 Å². The highest BCUT2D eigenvalue weighted by Gasteiger charge is 2.07. The molecule has 1 N–H and O–H groups in total. The Morgan fingerprint density at radius 2 is 2.22 bits per heavy atom. The molecule has 100 valence electrons. The summed E-state index contributed by atoms with van der Waals surface area (Å²) in [6.07, 6.45) is 4.40. The van der Waals surface area contributed by atoms with Crippen molar-refractivity contribution in [2.24, 2.45) is 0 Å². The van der Waals surface area contributed by atoms with Gasteiger partial charge in [-0.25, -0.2) is 0 Å². The second-order valence-corrected chi connectivity index (χ2v) is 5.62. The maximum Gasteiger partial charge on any atom is 0.0682 e. The molecule has 0 aliphatic heterocycles. The molecule has 0 spiro atoms. The lowest BCUT2D eigenvalue weighted by molar-refractivity contribution is 0.280. The average molecular weight is 359 g/mol. The van der Waals surface area contributed by atoms with Gasteiger partial charge in [-0.3, -0.25) is 4.90 Å². The van der Waals surface area contributed by atoms with Crippen LogP contribution in [-0.4, -0.2) is 23.1 Å². The predicted octanol–water partition coefficient (Wildman–Crippen LogP) is 3.57. The van der Waals surface area contributed by atoms with Crippen LogP contribution in [-0.2, 0) is 13.2 Å². The fourth-order valence-corrected chi connectivity index (χ4v) is 2.61. The van der Waals surface area contributed by atoms with Crippen LogP contribution in [0.1, 0.15) is 30.9 Å². The van der Waals surface area contributed by atoms with E-state index in [0.29, 0.717) is 0 Å². The van der Waals surface area contributed by atoms with E-state index < -0.39 is 0 Å². The van der Waals surface area contributed by atoms with Crippen LogP contribution in [0.15, 0.2) is 30.9 Å². The third kappa shape index (κ3) is 5.08. The van der Waals surface area contributed by atoms with Gasteiger partial charge in [-0.1, -0.05) is 31.6 Å². The van der Waals surface area contributed by atoms with Gasteiger partial charge in [0.05, 0.1) is 6.61 Å². The number of aliphatic hydroxyl groups excluding tert-OH is 1. The second-order valence-electron chi connectivity index (χ2n) is 4.46. The molecule has 0 heterocycles. The van der Waals surface area contributed by atoms with Gasteiger partial charge in [0.15, 0.2) is 0 Å². The first-order valence-corrected chi connectivity index (χ1v) is 7.50. The van der Waals surface area contributed by atoms with Gasteiger partial charge in [-0.05, 0) is 52.7 Å². The van der Waals surface area contributed by atoms with Crippen LogP contribution < -0.4 is 0 Å². The molecule has 1 aromatic carbocycles. The highest BCUT2D eigenvalue weighted by molar-refractivity contribution is 14.1. The molecule has 0 atom stereocenters. The van der Waals surface area contributed by atoms with Crippen molar-refractivity contribution in [3.63, 3.8) is 0 Å². The molecule has 0 saturated heterocycles. The third-order valence-electron chi connectivity index (χ3n) is 2.91. The molecule has 0 saturated carbocycles. The number of aliphatic hydroxyl groups is 1. The number of benzene rings is 1. The van der Waals surface area contributed by atoms with Gasteiger partial charge in [0, 0.05) is 16.7 Å². The zero-order valence-electron chi connectivity index (χ0n) is 11.0. The third-order valence-corrected chi connectivity index (χ3v) is 3.91. The van der Waals surface area contributed by atoms with Crippen LogP contribution in [0, 0.1) is 3.57 Å². The normalized spacial score (nSPS) is 10.9. The lowest BCUT2D eigenvalue weighted by atomic mass is 10.1. The minimum Gasteiger partial charge on any atom is -0.392 e. The molecular formula is C15H22INO. The molecule has 3 heteroatoms. The number of hydrogen-bond acceptors (Lipinski definition) is 2. The maximum atomic E-state index is 9.11. The molecule has 0 aromatic heterocycles. The molecule has 18 heavy (non-hydrogen) atoms. The lowest BCUT2D eigenvalue weighted by Gasteiger charge is -2.21. The van der Waals surface area contributed by atoms with Crippen LogP contribution in [0.25, 0.3) is 0 Å². The highest BCUT2D eigenvalue weighted by Crippen LogP contribution is 2.17. The molecule has 1 rings (SSSR count). The SMILES string of the molecule is C=CCN(CCCC)Cc1ccc(CO)cc1I. The molecule has 0 unspecified atom stereocenters. The zero-order chi connectivity index (χ0) is 13.4. The van der Waals surface area contributed by atoms with Crippen LogP contribution in [0.5, 0.6) is 0 Å². The quantitative estimate of drug-likeness (QED) is 0.567. The molecule has 0 bridgehead atoms. The average Bonchev–Trinajstić information content (AvgIpc) is 2.38. The van der Waals surface area contributed by atoms with Crippen molar-refractivity contribution in [1.82, 2.24) is 4.90 Å². The Morgan fingerprint density at radius 1 is 1.44 bits per heavy atom. The first-order valence-electron chi connectivity index (χ1n) is 6.42. The van der Waals surface area contributed by atoms with Crippen molar-refractivity contribution in [2.45, 2.75) is 32.9 Å². The van der Waals surface area contributed by atoms with Crippen LogP contribution in [0.4, 0.5) is 0 Å². The lowest BCUT2D eigenvalue weighted by Crippen LogP contribution is -2.24. The summed E-state index contributed by atoms with van der Waals surface area (Å²) < 4.78 is 1.23. The van der Waals surface area contributed by atoms with Crippen molar-refractivity contribution in [1.29, 1.82) is 0 Å². The van der Waals surface area contributed by atoms with Crippen LogP contribution >= 0.6 is 22.6 Å².